The molecule has 0 aliphatic carbocycles. The Morgan fingerprint density at radius 2 is 1.85 bits per heavy atom. The highest BCUT2D eigenvalue weighted by atomic mass is 32.2. The molecule has 0 radical (unpaired) electrons. The van der Waals surface area contributed by atoms with E-state index in [4.69, 9.17) is 20.9 Å². The normalized spacial score (nSPS) is 18.6. The minimum atomic E-state index is -1.16. The van der Waals surface area contributed by atoms with Gasteiger partial charge in [0, 0.05) is 23.0 Å². The van der Waals surface area contributed by atoms with Crippen molar-refractivity contribution in [2.45, 2.75) is 37.5 Å². The van der Waals surface area contributed by atoms with E-state index in [-0.39, 0.29) is 16.4 Å². The van der Waals surface area contributed by atoms with E-state index in [2.05, 4.69) is 5.32 Å². The molecule has 9 heteroatoms. The van der Waals surface area contributed by atoms with Crippen LogP contribution in [0.5, 0.6) is 5.75 Å². The third-order valence-electron chi connectivity index (χ3n) is 7.69. The minimum absolute atomic E-state index is 0.0799. The fraction of sp³-hybridized carbons (Fsp3) is 0.188. The van der Waals surface area contributed by atoms with E-state index >= 15 is 0 Å². The zero-order chi connectivity index (χ0) is 28.7. The maximum Gasteiger partial charge on any atom is 0.275 e. The minimum Gasteiger partial charge on any atom is -0.489 e. The molecule has 2 aliphatic heterocycles. The Morgan fingerprint density at radius 3 is 2.61 bits per heavy atom. The van der Waals surface area contributed by atoms with E-state index in [1.165, 1.54) is 11.8 Å². The highest BCUT2D eigenvalue weighted by Crippen LogP contribution is 2.52. The van der Waals surface area contributed by atoms with E-state index in [1.807, 2.05) is 92.8 Å². The van der Waals surface area contributed by atoms with Gasteiger partial charge in [0.15, 0.2) is 5.17 Å². The zero-order valence-corrected chi connectivity index (χ0v) is 23.5. The van der Waals surface area contributed by atoms with Gasteiger partial charge >= 0.3 is 0 Å². The van der Waals surface area contributed by atoms with Crippen LogP contribution >= 0.6 is 11.8 Å². The Labute approximate surface area is 241 Å². The third kappa shape index (κ3) is 4.42. The zero-order valence-electron chi connectivity index (χ0n) is 22.7. The number of benzene rings is 3. The highest BCUT2D eigenvalue weighted by Gasteiger charge is 2.54. The van der Waals surface area contributed by atoms with Gasteiger partial charge in [-0.05, 0) is 54.3 Å². The van der Waals surface area contributed by atoms with E-state index in [0.29, 0.717) is 24.5 Å². The van der Waals surface area contributed by atoms with Crippen molar-refractivity contribution in [3.05, 3.63) is 101 Å². The SMILES string of the molecule is CCC(SC(=N)N)C1(C2=C(n3cc(C)c4ccccc43)C(=O)NC2=O)C=Nc2ccc(OCc3ccccc3)cc21. The summed E-state index contributed by atoms with van der Waals surface area (Å²) in [6.07, 6.45) is 4.18. The Hall–Kier alpha value is -4.63. The summed E-state index contributed by atoms with van der Waals surface area (Å²) in [4.78, 5) is 32.1. The van der Waals surface area contributed by atoms with Crippen LogP contribution in [0, 0.1) is 12.3 Å². The number of carbonyl (C=O) groups excluding carboxylic acids is 2. The summed E-state index contributed by atoms with van der Waals surface area (Å²) >= 11 is 1.17. The predicted molar refractivity (Wildman–Crippen MR) is 164 cm³/mol. The number of nitrogens with two attached hydrogens (primary N) is 1. The first kappa shape index (κ1) is 26.6. The molecule has 1 aromatic heterocycles. The van der Waals surface area contributed by atoms with Crippen molar-refractivity contribution in [3.63, 3.8) is 0 Å². The fourth-order valence-electron chi connectivity index (χ4n) is 5.89. The van der Waals surface area contributed by atoms with Crippen molar-refractivity contribution in [2.24, 2.45) is 10.7 Å². The van der Waals surface area contributed by atoms with Crippen LogP contribution in [-0.4, -0.2) is 33.0 Å². The van der Waals surface area contributed by atoms with Gasteiger partial charge in [0.05, 0.1) is 22.2 Å². The predicted octanol–water partition coefficient (Wildman–Crippen LogP) is 5.46. The summed E-state index contributed by atoms with van der Waals surface area (Å²) in [5, 5.41) is 11.2. The summed E-state index contributed by atoms with van der Waals surface area (Å²) in [6.45, 7) is 4.33. The number of para-hydroxylation sites is 1. The maximum atomic E-state index is 13.8. The van der Waals surface area contributed by atoms with Gasteiger partial charge in [0.2, 0.25) is 0 Å². The second-order valence-electron chi connectivity index (χ2n) is 10.2. The third-order valence-corrected chi connectivity index (χ3v) is 8.93. The Balaban J connectivity index is 1.58. The van der Waals surface area contributed by atoms with Crippen LogP contribution in [-0.2, 0) is 21.6 Å². The standard InChI is InChI=1S/C32H29N5O3S/c1-3-26(41-31(33)34)32(18-35-24-14-13-21(15-23(24)32)40-17-20-9-5-4-6-10-20)27-28(30(39)36-29(27)38)37-16-19(2)22-11-7-8-12-25(22)37/h4-16,18,26H,3,17H2,1-2H3,(H3,33,34)(H,36,38,39). The molecule has 3 aromatic carbocycles. The van der Waals surface area contributed by atoms with Gasteiger partial charge in [-0.25, -0.2) is 0 Å². The van der Waals surface area contributed by atoms with Gasteiger partial charge < -0.3 is 15.0 Å². The number of thioether (sulfide) groups is 1. The van der Waals surface area contributed by atoms with Crippen molar-refractivity contribution in [3.8, 4) is 5.75 Å². The molecule has 0 saturated carbocycles. The lowest BCUT2D eigenvalue weighted by Crippen LogP contribution is -2.44. The molecule has 206 valence electrons. The number of rotatable bonds is 8. The van der Waals surface area contributed by atoms with E-state index in [9.17, 15) is 9.59 Å². The average molecular weight is 564 g/mol. The molecule has 0 saturated heterocycles. The van der Waals surface area contributed by atoms with Crippen LogP contribution in [0.25, 0.3) is 16.6 Å². The summed E-state index contributed by atoms with van der Waals surface area (Å²) in [6, 6.07) is 23.3. The van der Waals surface area contributed by atoms with Crippen molar-refractivity contribution >= 4 is 57.2 Å². The lowest BCUT2D eigenvalue weighted by Gasteiger charge is -2.36. The number of hydrogen-bond donors (Lipinski definition) is 3. The topological polar surface area (TPSA) is 123 Å². The Morgan fingerprint density at radius 1 is 1.10 bits per heavy atom. The van der Waals surface area contributed by atoms with Gasteiger partial charge in [-0.2, -0.15) is 0 Å². The monoisotopic (exact) mass is 563 g/mol. The molecule has 2 unspecified atom stereocenters. The molecule has 0 spiro atoms. The number of carbonyl (C=O) groups is 2. The van der Waals surface area contributed by atoms with E-state index < -0.39 is 22.5 Å². The first-order valence-electron chi connectivity index (χ1n) is 13.4. The average Bonchev–Trinajstić information content (AvgIpc) is 3.61. The van der Waals surface area contributed by atoms with Crippen molar-refractivity contribution in [2.75, 3.05) is 0 Å². The number of amides is 2. The second-order valence-corrected chi connectivity index (χ2v) is 11.4. The van der Waals surface area contributed by atoms with E-state index in [0.717, 1.165) is 27.6 Å². The first-order chi connectivity index (χ1) is 19.8. The van der Waals surface area contributed by atoms with Crippen LogP contribution < -0.4 is 15.8 Å². The van der Waals surface area contributed by atoms with Crippen molar-refractivity contribution in [1.82, 2.24) is 9.88 Å². The van der Waals surface area contributed by atoms with Crippen LogP contribution in [0.1, 0.15) is 30.0 Å². The number of imide groups is 1. The number of ether oxygens (including phenoxy) is 1. The number of amidine groups is 1. The summed E-state index contributed by atoms with van der Waals surface area (Å²) < 4.78 is 7.97. The van der Waals surface area contributed by atoms with Crippen LogP contribution in [0.4, 0.5) is 5.69 Å². The molecule has 2 amide bonds. The number of nitrogens with one attached hydrogen (secondary N) is 2. The molecule has 0 bridgehead atoms. The van der Waals surface area contributed by atoms with Crippen molar-refractivity contribution < 1.29 is 14.3 Å². The number of fused-ring (bicyclic) bond motifs is 2. The van der Waals surface area contributed by atoms with Gasteiger partial charge in [-0.3, -0.25) is 25.3 Å². The molecule has 2 aliphatic rings. The lowest BCUT2D eigenvalue weighted by molar-refractivity contribution is -0.123. The number of hydrogen-bond acceptors (Lipinski definition) is 6. The molecular weight excluding hydrogens is 534 g/mol. The highest BCUT2D eigenvalue weighted by molar-refractivity contribution is 8.14. The number of nitrogens with zero attached hydrogens (tertiary/aromatic N) is 2. The summed E-state index contributed by atoms with van der Waals surface area (Å²) in [7, 11) is 0. The molecule has 3 heterocycles. The molecule has 6 rings (SSSR count). The largest absolute Gasteiger partial charge is 0.489 e. The fourth-order valence-corrected chi connectivity index (χ4v) is 6.86. The van der Waals surface area contributed by atoms with Gasteiger partial charge in [0.1, 0.15) is 18.1 Å². The number of aliphatic imine (C=N–C) groups is 1. The van der Waals surface area contributed by atoms with E-state index in [1.54, 1.807) is 10.8 Å². The molecule has 4 N–H and O–H groups in total. The van der Waals surface area contributed by atoms with Gasteiger partial charge in [-0.1, -0.05) is 67.2 Å². The quantitative estimate of drug-likeness (QED) is 0.149. The first-order valence-corrected chi connectivity index (χ1v) is 14.3. The molecular formula is C32H29N5O3S. The molecule has 2 atom stereocenters. The summed E-state index contributed by atoms with van der Waals surface area (Å²) in [5.74, 6) is -0.358. The molecule has 0 fully saturated rings. The lowest BCUT2D eigenvalue weighted by atomic mass is 9.71. The van der Waals surface area contributed by atoms with Crippen LogP contribution in [0.15, 0.2) is 89.6 Å². The smallest absolute Gasteiger partial charge is 0.275 e. The maximum absolute atomic E-state index is 13.8. The second kappa shape index (κ2) is 10.4. The van der Waals surface area contributed by atoms with Crippen LogP contribution in [0.2, 0.25) is 0 Å². The molecule has 41 heavy (non-hydrogen) atoms. The Kier molecular flexibility index (Phi) is 6.75. The molecule has 4 aromatic rings. The van der Waals surface area contributed by atoms with Crippen molar-refractivity contribution in [1.29, 1.82) is 5.41 Å². The van der Waals surface area contributed by atoms with Crippen LogP contribution in [0.3, 0.4) is 0 Å². The number of aromatic nitrogens is 1. The molecule has 8 nitrogen and oxygen atoms in total. The van der Waals surface area contributed by atoms with Gasteiger partial charge in [0.25, 0.3) is 11.8 Å². The summed E-state index contributed by atoms with van der Waals surface area (Å²) in [5.41, 5.74) is 9.53. The number of aryl methyl sites for hydroxylation is 1. The Bertz CT molecular complexity index is 1770. The van der Waals surface area contributed by atoms with Gasteiger partial charge in [-0.15, -0.1) is 0 Å².